The Morgan fingerprint density at radius 1 is 0.710 bits per heavy atom. The lowest BCUT2D eigenvalue weighted by Crippen LogP contribution is -2.37. The maximum absolute atomic E-state index is 13.9. The molecule has 172 valence electrons. The van der Waals surface area contributed by atoms with Crippen LogP contribution >= 0.6 is 0 Å². The van der Waals surface area contributed by atoms with Crippen LogP contribution in [0.2, 0.25) is 0 Å². The highest BCUT2D eigenvalue weighted by Crippen LogP contribution is 2.30. The van der Waals surface area contributed by atoms with Gasteiger partial charge in [0.25, 0.3) is 0 Å². The van der Waals surface area contributed by atoms with Gasteiger partial charge in [0, 0.05) is 33.3 Å². The van der Waals surface area contributed by atoms with Gasteiger partial charge in [0.15, 0.2) is 23.1 Å². The fourth-order valence-electron chi connectivity index (χ4n) is 2.67. The summed E-state index contributed by atoms with van der Waals surface area (Å²) in [4.78, 5) is -0.297. The van der Waals surface area contributed by atoms with E-state index in [1.54, 1.807) is 0 Å². The van der Waals surface area contributed by atoms with Crippen molar-refractivity contribution in [1.82, 2.24) is 8.61 Å². The Morgan fingerprint density at radius 2 is 1.13 bits per heavy atom. The molecule has 2 aromatic rings. The smallest absolute Gasteiger partial charge is 0.242 e. The molecular formula is C19H25FN2O7S2. The second kappa shape index (κ2) is 9.81. The third-order valence-electron chi connectivity index (χ3n) is 4.62. The average molecular weight is 477 g/mol. The molecule has 0 aliphatic rings. The molecule has 9 nitrogen and oxygen atoms in total. The van der Waals surface area contributed by atoms with E-state index in [9.17, 15) is 21.2 Å². The van der Waals surface area contributed by atoms with Crippen molar-refractivity contribution in [3.63, 3.8) is 0 Å². The lowest BCUT2D eigenvalue weighted by atomic mass is 10.3. The Bertz CT molecular complexity index is 1140. The number of sulfonamides is 2. The maximum Gasteiger partial charge on any atom is 0.242 e. The summed E-state index contributed by atoms with van der Waals surface area (Å²) in [6.45, 7) is -0.288. The fourth-order valence-corrected chi connectivity index (χ4v) is 5.02. The van der Waals surface area contributed by atoms with Crippen LogP contribution in [0, 0.1) is 5.82 Å². The van der Waals surface area contributed by atoms with Crippen molar-refractivity contribution in [2.75, 3.05) is 48.5 Å². The summed E-state index contributed by atoms with van der Waals surface area (Å²) in [5, 5.41) is 0. The maximum atomic E-state index is 13.9. The number of ether oxygens (including phenoxy) is 3. The first kappa shape index (κ1) is 24.9. The number of benzene rings is 2. The highest BCUT2D eigenvalue weighted by molar-refractivity contribution is 7.89. The Morgan fingerprint density at radius 3 is 1.55 bits per heavy atom. The van der Waals surface area contributed by atoms with Crippen LogP contribution < -0.4 is 14.2 Å². The van der Waals surface area contributed by atoms with Gasteiger partial charge < -0.3 is 14.2 Å². The van der Waals surface area contributed by atoms with Crippen LogP contribution in [0.15, 0.2) is 46.2 Å². The summed E-state index contributed by atoms with van der Waals surface area (Å²) < 4.78 is 82.0. The lowest BCUT2D eigenvalue weighted by molar-refractivity contribution is 0.353. The van der Waals surface area contributed by atoms with Gasteiger partial charge in [0.2, 0.25) is 20.0 Å². The lowest BCUT2D eigenvalue weighted by Gasteiger charge is -2.22. The van der Waals surface area contributed by atoms with Gasteiger partial charge in [-0.1, -0.05) is 0 Å². The van der Waals surface area contributed by atoms with Crippen molar-refractivity contribution >= 4 is 20.0 Å². The van der Waals surface area contributed by atoms with Crippen LogP contribution in [0.3, 0.4) is 0 Å². The summed E-state index contributed by atoms with van der Waals surface area (Å²) >= 11 is 0. The standard InChI is InChI=1S/C19H25FN2O7S2/c1-21(30(23,24)14-6-8-17(27-3)16(20)12-14)10-11-22(2)31(25,26)15-7-9-18(28-4)19(13-15)29-5/h6-9,12-13H,10-11H2,1-5H3. The molecule has 0 aromatic heterocycles. The topological polar surface area (TPSA) is 102 Å². The summed E-state index contributed by atoms with van der Waals surface area (Å²) in [6.07, 6.45) is 0. The largest absolute Gasteiger partial charge is 0.494 e. The number of rotatable bonds is 10. The van der Waals surface area contributed by atoms with E-state index in [0.717, 1.165) is 14.7 Å². The minimum absolute atomic E-state index is 0.0321. The second-order valence-corrected chi connectivity index (χ2v) is 10.6. The molecule has 2 aromatic carbocycles. The minimum Gasteiger partial charge on any atom is -0.494 e. The molecule has 0 saturated carbocycles. The van der Waals surface area contributed by atoms with Gasteiger partial charge in [-0.15, -0.1) is 0 Å². The average Bonchev–Trinajstić information content (AvgIpc) is 2.76. The molecular weight excluding hydrogens is 451 g/mol. The van der Waals surface area contributed by atoms with Crippen molar-refractivity contribution in [3.8, 4) is 17.2 Å². The Labute approximate surface area is 182 Å². The van der Waals surface area contributed by atoms with E-state index in [0.29, 0.717) is 5.75 Å². The molecule has 0 amide bonds. The molecule has 0 N–H and O–H groups in total. The molecule has 2 rings (SSSR count). The summed E-state index contributed by atoms with van der Waals surface area (Å²) in [6, 6.07) is 7.45. The quantitative estimate of drug-likeness (QED) is 0.515. The van der Waals surface area contributed by atoms with Crippen LogP contribution in [0.5, 0.6) is 17.2 Å². The van der Waals surface area contributed by atoms with Crippen LogP contribution in [0.4, 0.5) is 4.39 Å². The number of halogens is 1. The molecule has 31 heavy (non-hydrogen) atoms. The monoisotopic (exact) mass is 476 g/mol. The zero-order valence-electron chi connectivity index (χ0n) is 17.8. The molecule has 0 heterocycles. The number of hydrogen-bond acceptors (Lipinski definition) is 7. The summed E-state index contributed by atoms with van der Waals surface area (Å²) in [5.41, 5.74) is 0. The zero-order chi connectivity index (χ0) is 23.4. The third kappa shape index (κ3) is 5.26. The van der Waals surface area contributed by atoms with Crippen molar-refractivity contribution in [2.45, 2.75) is 9.79 Å². The van der Waals surface area contributed by atoms with E-state index >= 15 is 0 Å². The predicted molar refractivity (Wildman–Crippen MR) is 112 cm³/mol. The normalized spacial score (nSPS) is 12.3. The van der Waals surface area contributed by atoms with Crippen LogP contribution in [0.1, 0.15) is 0 Å². The van der Waals surface area contributed by atoms with E-state index in [1.807, 2.05) is 0 Å². The Balaban J connectivity index is 2.17. The van der Waals surface area contributed by atoms with E-state index in [1.165, 1.54) is 65.8 Å². The molecule has 0 spiro atoms. The van der Waals surface area contributed by atoms with Crippen LogP contribution in [-0.4, -0.2) is 74.0 Å². The van der Waals surface area contributed by atoms with Crippen LogP contribution in [-0.2, 0) is 20.0 Å². The van der Waals surface area contributed by atoms with Gasteiger partial charge in [0.05, 0.1) is 31.1 Å². The molecule has 0 aliphatic carbocycles. The van der Waals surface area contributed by atoms with E-state index in [2.05, 4.69) is 0 Å². The molecule has 0 aliphatic heterocycles. The first-order chi connectivity index (χ1) is 14.5. The highest BCUT2D eigenvalue weighted by atomic mass is 32.2. The summed E-state index contributed by atoms with van der Waals surface area (Å²) in [7, 11) is -1.24. The van der Waals surface area contributed by atoms with Gasteiger partial charge in [-0.3, -0.25) is 0 Å². The summed E-state index contributed by atoms with van der Waals surface area (Å²) in [5.74, 6) is -0.271. The highest BCUT2D eigenvalue weighted by Gasteiger charge is 2.26. The molecule has 0 radical (unpaired) electrons. The van der Waals surface area contributed by atoms with Gasteiger partial charge in [-0.25, -0.2) is 21.2 Å². The predicted octanol–water partition coefficient (Wildman–Crippen LogP) is 1.79. The Hall–Kier alpha value is -2.41. The number of methoxy groups -OCH3 is 3. The van der Waals surface area contributed by atoms with Crippen molar-refractivity contribution < 1.29 is 35.4 Å². The van der Waals surface area contributed by atoms with Crippen molar-refractivity contribution in [2.24, 2.45) is 0 Å². The van der Waals surface area contributed by atoms with Crippen molar-refractivity contribution in [1.29, 1.82) is 0 Å². The number of hydrogen-bond donors (Lipinski definition) is 0. The number of likely N-dealkylation sites (N-methyl/N-ethyl adjacent to an activating group) is 2. The van der Waals surface area contributed by atoms with E-state index < -0.39 is 25.9 Å². The first-order valence-corrected chi connectivity index (χ1v) is 11.8. The SMILES string of the molecule is COc1ccc(S(=O)(=O)N(C)CCN(C)S(=O)(=O)c2ccc(OC)c(OC)c2)cc1F. The molecule has 0 atom stereocenters. The van der Waals surface area contributed by atoms with Gasteiger partial charge in [-0.2, -0.15) is 8.61 Å². The van der Waals surface area contributed by atoms with Crippen molar-refractivity contribution in [3.05, 3.63) is 42.2 Å². The second-order valence-electron chi connectivity index (χ2n) is 6.47. The zero-order valence-corrected chi connectivity index (χ0v) is 19.5. The third-order valence-corrected chi connectivity index (χ3v) is 8.33. The Kier molecular flexibility index (Phi) is 7.87. The minimum atomic E-state index is -4.03. The first-order valence-electron chi connectivity index (χ1n) is 8.97. The van der Waals surface area contributed by atoms with E-state index in [-0.39, 0.29) is 34.4 Å². The molecule has 0 saturated heterocycles. The number of nitrogens with zero attached hydrogens (tertiary/aromatic N) is 2. The fraction of sp³-hybridized carbons (Fsp3) is 0.368. The van der Waals surface area contributed by atoms with Gasteiger partial charge in [0.1, 0.15) is 0 Å². The molecule has 0 bridgehead atoms. The van der Waals surface area contributed by atoms with Crippen LogP contribution in [0.25, 0.3) is 0 Å². The molecule has 0 fully saturated rings. The molecule has 12 heteroatoms. The van der Waals surface area contributed by atoms with Gasteiger partial charge in [-0.05, 0) is 30.3 Å². The molecule has 0 unspecified atom stereocenters. The van der Waals surface area contributed by atoms with Gasteiger partial charge >= 0.3 is 0 Å². The van der Waals surface area contributed by atoms with E-state index in [4.69, 9.17) is 14.2 Å².